The molecular formula is C19H19BrCl2N2OS. The summed E-state index contributed by atoms with van der Waals surface area (Å²) in [5.74, 6) is 0. The third kappa shape index (κ3) is 3.52. The molecule has 7 heteroatoms. The second-order valence-electron chi connectivity index (χ2n) is 6.30. The standard InChI is InChI=1S/C19H18Cl2N2OS.BrH/c20-14-7-8-15(16(21)12-14)19(24)17(25-18-22-10-11-23(18)19)9-6-13-4-2-1-3-5-13;/h1-5,7-8,12,17,24H,6,9-11H2;1H. The molecule has 1 saturated heterocycles. The van der Waals surface area contributed by atoms with Crippen molar-refractivity contribution in [2.45, 2.75) is 23.8 Å². The van der Waals surface area contributed by atoms with Crippen molar-refractivity contribution in [3.63, 3.8) is 0 Å². The molecular weight excluding hydrogens is 455 g/mol. The van der Waals surface area contributed by atoms with E-state index in [4.69, 9.17) is 23.2 Å². The monoisotopic (exact) mass is 472 g/mol. The molecule has 2 atom stereocenters. The van der Waals surface area contributed by atoms with E-state index >= 15 is 0 Å². The number of thioether (sulfide) groups is 1. The lowest BCUT2D eigenvalue weighted by atomic mass is 9.93. The van der Waals surface area contributed by atoms with Crippen LogP contribution in [0.5, 0.6) is 0 Å². The van der Waals surface area contributed by atoms with Crippen LogP contribution in [0.25, 0.3) is 0 Å². The molecule has 0 aromatic heterocycles. The first kappa shape index (κ1) is 20.0. The summed E-state index contributed by atoms with van der Waals surface area (Å²) in [7, 11) is 0. The smallest absolute Gasteiger partial charge is 0.180 e. The molecule has 2 aliphatic heterocycles. The number of aliphatic hydroxyl groups is 1. The molecule has 2 unspecified atom stereocenters. The predicted molar refractivity (Wildman–Crippen MR) is 116 cm³/mol. The van der Waals surface area contributed by atoms with Crippen molar-refractivity contribution in [2.24, 2.45) is 4.99 Å². The van der Waals surface area contributed by atoms with Crippen molar-refractivity contribution in [1.29, 1.82) is 0 Å². The molecule has 1 N–H and O–H groups in total. The van der Waals surface area contributed by atoms with E-state index in [0.29, 0.717) is 28.7 Å². The molecule has 138 valence electrons. The van der Waals surface area contributed by atoms with Crippen molar-refractivity contribution >= 4 is 57.1 Å². The van der Waals surface area contributed by atoms with E-state index in [-0.39, 0.29) is 22.2 Å². The van der Waals surface area contributed by atoms with Gasteiger partial charge < -0.3 is 10.0 Å². The maximum Gasteiger partial charge on any atom is 0.180 e. The molecule has 3 nitrogen and oxygen atoms in total. The van der Waals surface area contributed by atoms with E-state index in [9.17, 15) is 5.11 Å². The predicted octanol–water partition coefficient (Wildman–Crippen LogP) is 5.14. The molecule has 2 aromatic rings. The van der Waals surface area contributed by atoms with Gasteiger partial charge in [0.1, 0.15) is 0 Å². The van der Waals surface area contributed by atoms with Gasteiger partial charge in [-0.05, 0) is 30.5 Å². The maximum absolute atomic E-state index is 11.7. The zero-order valence-electron chi connectivity index (χ0n) is 13.9. The third-order valence-corrected chi connectivity index (χ3v) is 6.73. The van der Waals surface area contributed by atoms with Gasteiger partial charge in [0, 0.05) is 17.1 Å². The first-order valence-corrected chi connectivity index (χ1v) is 9.93. The van der Waals surface area contributed by atoms with Crippen LogP contribution < -0.4 is 0 Å². The number of nitrogens with zero attached hydrogens (tertiary/aromatic N) is 2. The average molecular weight is 474 g/mol. The van der Waals surface area contributed by atoms with Crippen LogP contribution in [0.15, 0.2) is 53.5 Å². The number of hydrogen-bond donors (Lipinski definition) is 1. The van der Waals surface area contributed by atoms with E-state index in [1.54, 1.807) is 23.9 Å². The molecule has 0 aliphatic carbocycles. The van der Waals surface area contributed by atoms with Crippen LogP contribution in [0.4, 0.5) is 0 Å². The van der Waals surface area contributed by atoms with E-state index in [2.05, 4.69) is 17.1 Å². The summed E-state index contributed by atoms with van der Waals surface area (Å²) in [5.41, 5.74) is 0.814. The second kappa shape index (κ2) is 8.11. The highest BCUT2D eigenvalue weighted by atomic mass is 79.9. The molecule has 2 aromatic carbocycles. The van der Waals surface area contributed by atoms with Crippen LogP contribution in [0.1, 0.15) is 17.5 Å². The highest BCUT2D eigenvalue weighted by Gasteiger charge is 2.54. The normalized spacial score (nSPS) is 24.2. The fourth-order valence-electron chi connectivity index (χ4n) is 3.54. The van der Waals surface area contributed by atoms with Crippen molar-refractivity contribution in [2.75, 3.05) is 13.1 Å². The summed E-state index contributed by atoms with van der Waals surface area (Å²) < 4.78 is 0. The highest BCUT2D eigenvalue weighted by Crippen LogP contribution is 2.50. The minimum absolute atomic E-state index is 0. The van der Waals surface area contributed by atoms with Crippen molar-refractivity contribution < 1.29 is 5.11 Å². The van der Waals surface area contributed by atoms with Crippen molar-refractivity contribution in [3.05, 3.63) is 69.7 Å². The lowest BCUT2D eigenvalue weighted by Crippen LogP contribution is -2.48. The lowest BCUT2D eigenvalue weighted by Gasteiger charge is -2.37. The summed E-state index contributed by atoms with van der Waals surface area (Å²) in [6, 6.07) is 15.7. The molecule has 1 fully saturated rings. The SMILES string of the molecule is Br.OC1(c2ccc(Cl)cc2Cl)C(CCc2ccccc2)SC2=NCCN21. The summed E-state index contributed by atoms with van der Waals surface area (Å²) in [4.78, 5) is 6.54. The van der Waals surface area contributed by atoms with Gasteiger partial charge in [-0.1, -0.05) is 71.4 Å². The summed E-state index contributed by atoms with van der Waals surface area (Å²) >= 11 is 14.2. The Morgan fingerprint density at radius 2 is 1.96 bits per heavy atom. The van der Waals surface area contributed by atoms with Crippen LogP contribution in [0.3, 0.4) is 0 Å². The minimum Gasteiger partial charge on any atom is -0.366 e. The van der Waals surface area contributed by atoms with Crippen LogP contribution in [-0.2, 0) is 12.1 Å². The Morgan fingerprint density at radius 3 is 2.69 bits per heavy atom. The number of fused-ring (bicyclic) bond motifs is 1. The van der Waals surface area contributed by atoms with Gasteiger partial charge in [-0.15, -0.1) is 17.0 Å². The van der Waals surface area contributed by atoms with E-state index in [0.717, 1.165) is 18.0 Å². The lowest BCUT2D eigenvalue weighted by molar-refractivity contribution is -0.0670. The Kier molecular flexibility index (Phi) is 6.25. The first-order chi connectivity index (χ1) is 12.1. The zero-order chi connectivity index (χ0) is 17.4. The topological polar surface area (TPSA) is 35.8 Å². The van der Waals surface area contributed by atoms with Gasteiger partial charge in [0.25, 0.3) is 0 Å². The Hall–Kier alpha value is -0.720. The minimum atomic E-state index is -1.16. The van der Waals surface area contributed by atoms with Gasteiger partial charge >= 0.3 is 0 Å². The number of rotatable bonds is 4. The van der Waals surface area contributed by atoms with Crippen LogP contribution in [0, 0.1) is 0 Å². The van der Waals surface area contributed by atoms with E-state index in [1.165, 1.54) is 5.56 Å². The molecule has 0 amide bonds. The number of aryl methyl sites for hydroxylation is 1. The Balaban J connectivity index is 0.00000196. The summed E-state index contributed by atoms with van der Waals surface area (Å²) in [5, 5.41) is 13.7. The van der Waals surface area contributed by atoms with Crippen molar-refractivity contribution in [3.8, 4) is 0 Å². The van der Waals surface area contributed by atoms with E-state index < -0.39 is 5.72 Å². The fraction of sp³-hybridized carbons (Fsp3) is 0.316. The Bertz CT molecular complexity index is 820. The summed E-state index contributed by atoms with van der Waals surface area (Å²) in [6.45, 7) is 1.42. The van der Waals surface area contributed by atoms with Gasteiger partial charge in [0.2, 0.25) is 0 Å². The molecule has 0 bridgehead atoms. The largest absolute Gasteiger partial charge is 0.366 e. The van der Waals surface area contributed by atoms with Gasteiger partial charge in [-0.3, -0.25) is 4.99 Å². The molecule has 2 aliphatic rings. The molecule has 0 radical (unpaired) electrons. The van der Waals surface area contributed by atoms with Crippen LogP contribution in [0.2, 0.25) is 10.0 Å². The summed E-state index contributed by atoms with van der Waals surface area (Å²) in [6.07, 6.45) is 1.73. The van der Waals surface area contributed by atoms with Gasteiger partial charge in [-0.2, -0.15) is 0 Å². The number of benzene rings is 2. The molecule has 4 rings (SSSR count). The number of halogens is 3. The molecule has 0 saturated carbocycles. The molecule has 0 spiro atoms. The highest BCUT2D eigenvalue weighted by molar-refractivity contribution is 8.93. The van der Waals surface area contributed by atoms with Crippen LogP contribution in [-0.4, -0.2) is 33.5 Å². The van der Waals surface area contributed by atoms with Gasteiger partial charge in [-0.25, -0.2) is 0 Å². The Labute approximate surface area is 178 Å². The van der Waals surface area contributed by atoms with E-state index in [1.807, 2.05) is 29.2 Å². The van der Waals surface area contributed by atoms with Gasteiger partial charge in [0.05, 0.1) is 16.8 Å². The number of hydrogen-bond acceptors (Lipinski definition) is 4. The number of amidine groups is 1. The fourth-order valence-corrected chi connectivity index (χ4v) is 5.52. The Morgan fingerprint density at radius 1 is 1.19 bits per heavy atom. The number of aliphatic imine (C=N–C) groups is 1. The quantitative estimate of drug-likeness (QED) is 0.667. The molecule has 26 heavy (non-hydrogen) atoms. The third-order valence-electron chi connectivity index (χ3n) is 4.78. The second-order valence-corrected chi connectivity index (χ2v) is 8.31. The van der Waals surface area contributed by atoms with Gasteiger partial charge in [0.15, 0.2) is 10.9 Å². The first-order valence-electron chi connectivity index (χ1n) is 8.29. The van der Waals surface area contributed by atoms with Crippen LogP contribution >= 0.6 is 51.9 Å². The average Bonchev–Trinajstić information content (AvgIpc) is 3.16. The zero-order valence-corrected chi connectivity index (χ0v) is 18.0. The van der Waals surface area contributed by atoms with Crippen molar-refractivity contribution in [1.82, 2.24) is 4.90 Å². The maximum atomic E-state index is 11.7. The molecule has 2 heterocycles.